The van der Waals surface area contributed by atoms with E-state index in [1.165, 1.54) is 11.1 Å². The molecule has 0 fully saturated rings. The first kappa shape index (κ1) is 16.2. The predicted octanol–water partition coefficient (Wildman–Crippen LogP) is 9.96. The maximum absolute atomic E-state index is 9.02. The molecule has 0 radical (unpaired) electrons. The van der Waals surface area contributed by atoms with E-state index >= 15 is 0 Å². The number of rotatable bonds is 3. The van der Waals surface area contributed by atoms with Crippen LogP contribution in [0.15, 0.2) is 66.6 Å². The van der Waals surface area contributed by atoms with Gasteiger partial charge in [0.25, 0.3) is 0 Å². The second kappa shape index (κ2) is 7.99. The van der Waals surface area contributed by atoms with Crippen LogP contribution in [-0.4, -0.2) is 0 Å². The first-order valence-corrected chi connectivity index (χ1v) is 12.7. The number of hydrogen-bond acceptors (Lipinski definition) is 2. The van der Waals surface area contributed by atoms with Gasteiger partial charge in [-0.3, -0.25) is 0 Å². The van der Waals surface area contributed by atoms with Gasteiger partial charge in [0.15, 0.2) is 0 Å². The Morgan fingerprint density at radius 3 is 2.12 bits per heavy atom. The van der Waals surface area contributed by atoms with Gasteiger partial charge >= 0.3 is 0 Å². The van der Waals surface area contributed by atoms with Gasteiger partial charge in [-0.2, -0.15) is 0 Å². The minimum Gasteiger partial charge on any atom is -0.347 e. The topological polar surface area (TPSA) is 12.0 Å². The van der Waals surface area contributed by atoms with Crippen molar-refractivity contribution in [2.24, 2.45) is 0 Å². The molecule has 5 rings (SSSR count). The Kier molecular flexibility index (Phi) is 3.80. The predicted molar refractivity (Wildman–Crippen MR) is 151 cm³/mol. The molecule has 2 heteroatoms. The molecule has 0 spiro atoms. The number of fused-ring (bicyclic) bond motifs is 2. The zero-order valence-electron chi connectivity index (χ0n) is 28.1. The van der Waals surface area contributed by atoms with Gasteiger partial charge in [-0.1, -0.05) is 84.7 Å². The quantitative estimate of drug-likeness (QED) is 0.311. The van der Waals surface area contributed by atoms with Crippen molar-refractivity contribution in [3.05, 3.63) is 83.3 Å². The Morgan fingerprint density at radius 1 is 0.824 bits per heavy atom. The van der Waals surface area contributed by atoms with Crippen molar-refractivity contribution in [2.45, 2.75) is 77.6 Å². The third-order valence-corrected chi connectivity index (χ3v) is 8.21. The Bertz CT molecular complexity index is 1650. The molecule has 1 nitrogen and oxygen atoms in total. The monoisotopic (exact) mass is 474 g/mol. The second-order valence-corrected chi connectivity index (χ2v) is 12.9. The van der Waals surface area contributed by atoms with Crippen LogP contribution in [0.4, 0.5) is 10.7 Å². The average Bonchev–Trinajstić information content (AvgIpc) is 3.28. The zero-order valence-corrected chi connectivity index (χ0v) is 21.9. The molecule has 0 amide bonds. The van der Waals surface area contributed by atoms with Crippen LogP contribution >= 0.6 is 11.3 Å². The zero-order chi connectivity index (χ0) is 30.4. The highest BCUT2D eigenvalue weighted by Crippen LogP contribution is 2.48. The smallest absolute Gasteiger partial charge is 0.0939 e. The maximum atomic E-state index is 9.02. The minimum atomic E-state index is -0.496. The third-order valence-electron chi connectivity index (χ3n) is 7.20. The Balaban J connectivity index is 1.74. The summed E-state index contributed by atoms with van der Waals surface area (Å²) in [6.07, 6.45) is 2.23. The summed E-state index contributed by atoms with van der Waals surface area (Å²) in [5.74, 6) is 0. The Morgan fingerprint density at radius 2 is 1.47 bits per heavy atom. The molecule has 0 bridgehead atoms. The molecule has 1 heterocycles. The number of benzene rings is 3. The van der Waals surface area contributed by atoms with Crippen LogP contribution in [0.1, 0.15) is 87.6 Å². The molecule has 1 aliphatic rings. The molecule has 0 unspecified atom stereocenters. The summed E-state index contributed by atoms with van der Waals surface area (Å²) >= 11 is 1.56. The van der Waals surface area contributed by atoms with Gasteiger partial charge in [0.2, 0.25) is 0 Å². The molecule has 34 heavy (non-hydrogen) atoms. The van der Waals surface area contributed by atoms with E-state index in [2.05, 4.69) is 45.1 Å². The van der Waals surface area contributed by atoms with E-state index in [0.717, 1.165) is 27.9 Å². The van der Waals surface area contributed by atoms with Gasteiger partial charge in [0, 0.05) is 16.0 Å². The van der Waals surface area contributed by atoms with Gasteiger partial charge in [0.05, 0.1) is 14.6 Å². The maximum Gasteiger partial charge on any atom is 0.0939 e. The van der Waals surface area contributed by atoms with Crippen molar-refractivity contribution in [3.8, 4) is 11.1 Å². The molecule has 0 saturated heterocycles. The summed E-state index contributed by atoms with van der Waals surface area (Å²) in [5, 5.41) is 5.22. The largest absolute Gasteiger partial charge is 0.347 e. The highest BCUT2D eigenvalue weighted by atomic mass is 32.1. The van der Waals surface area contributed by atoms with Gasteiger partial charge in [-0.15, -0.1) is 11.3 Å². The Labute approximate surface area is 219 Å². The van der Waals surface area contributed by atoms with Crippen LogP contribution in [0.3, 0.4) is 0 Å². The van der Waals surface area contributed by atoms with Crippen molar-refractivity contribution >= 4 is 32.1 Å². The molecule has 176 valence electrons. The lowest BCUT2D eigenvalue weighted by Crippen LogP contribution is -2.33. The fourth-order valence-electron chi connectivity index (χ4n) is 4.82. The van der Waals surface area contributed by atoms with E-state index in [1.54, 1.807) is 17.4 Å². The summed E-state index contributed by atoms with van der Waals surface area (Å²) in [4.78, 5) is 0. The number of hydrogen-bond donors (Lipinski definition) is 1. The third kappa shape index (κ3) is 4.18. The SMILES string of the molecule is [2H]c1c(C(C)(C)C)cc(-c2c([2H])c([2H])c([2H])c([2H])c2[2H])c(Nc2cc3cc4c(cc3s2)C(C)(C)CCC4(C)C)c1[2H]. The van der Waals surface area contributed by atoms with Crippen LogP contribution in [-0.2, 0) is 16.2 Å². The van der Waals surface area contributed by atoms with E-state index in [-0.39, 0.29) is 46.3 Å². The Hall–Kier alpha value is -2.58. The van der Waals surface area contributed by atoms with Gasteiger partial charge in [0.1, 0.15) is 0 Å². The molecular formula is C32H37NS. The van der Waals surface area contributed by atoms with Gasteiger partial charge < -0.3 is 5.32 Å². The summed E-state index contributed by atoms with van der Waals surface area (Å²) < 4.78 is 60.8. The number of thiophene rings is 1. The lowest BCUT2D eigenvalue weighted by molar-refractivity contribution is 0.332. The summed E-state index contributed by atoms with van der Waals surface area (Å²) in [6.45, 7) is 15.0. The molecular weight excluding hydrogens is 430 g/mol. The van der Waals surface area contributed by atoms with Crippen LogP contribution in [0, 0.1) is 0 Å². The summed E-state index contributed by atoms with van der Waals surface area (Å²) in [5.41, 5.74) is 3.55. The molecule has 1 aliphatic carbocycles. The van der Waals surface area contributed by atoms with Crippen LogP contribution in [0.5, 0.6) is 0 Å². The average molecular weight is 475 g/mol. The minimum absolute atomic E-state index is 0.0255. The molecule has 0 saturated carbocycles. The summed E-state index contributed by atoms with van der Waals surface area (Å²) in [7, 11) is 0. The summed E-state index contributed by atoms with van der Waals surface area (Å²) in [6, 6.07) is 6.34. The van der Waals surface area contributed by atoms with Crippen molar-refractivity contribution in [1.29, 1.82) is 0 Å². The van der Waals surface area contributed by atoms with Crippen LogP contribution in [0.25, 0.3) is 21.2 Å². The molecule has 0 atom stereocenters. The normalized spacial score (nSPS) is 19.8. The molecule has 3 aromatic carbocycles. The fourth-order valence-corrected chi connectivity index (χ4v) is 5.81. The van der Waals surface area contributed by atoms with E-state index in [1.807, 2.05) is 26.8 Å². The van der Waals surface area contributed by atoms with Crippen LogP contribution in [0.2, 0.25) is 0 Å². The lowest BCUT2D eigenvalue weighted by Gasteiger charge is -2.41. The van der Waals surface area contributed by atoms with Crippen molar-refractivity contribution < 1.29 is 9.60 Å². The van der Waals surface area contributed by atoms with E-state index in [9.17, 15) is 0 Å². The first-order chi connectivity index (χ1) is 18.8. The number of nitrogens with one attached hydrogen (secondary N) is 1. The highest BCUT2D eigenvalue weighted by Gasteiger charge is 2.37. The first-order valence-electron chi connectivity index (χ1n) is 15.4. The molecule has 4 aromatic rings. The van der Waals surface area contributed by atoms with E-state index in [4.69, 9.17) is 9.60 Å². The van der Waals surface area contributed by atoms with Crippen molar-refractivity contribution in [3.63, 3.8) is 0 Å². The van der Waals surface area contributed by atoms with Crippen molar-refractivity contribution in [1.82, 2.24) is 0 Å². The second-order valence-electron chi connectivity index (χ2n) is 11.8. The molecule has 0 aliphatic heterocycles. The lowest BCUT2D eigenvalue weighted by atomic mass is 9.63. The van der Waals surface area contributed by atoms with Crippen LogP contribution < -0.4 is 5.32 Å². The van der Waals surface area contributed by atoms with E-state index < -0.39 is 23.5 Å². The van der Waals surface area contributed by atoms with E-state index in [0.29, 0.717) is 11.1 Å². The van der Waals surface area contributed by atoms with Crippen molar-refractivity contribution in [2.75, 3.05) is 5.32 Å². The number of anilines is 2. The van der Waals surface area contributed by atoms with Gasteiger partial charge in [-0.05, 0) is 87.0 Å². The van der Waals surface area contributed by atoms with Gasteiger partial charge in [-0.25, -0.2) is 0 Å². The fraction of sp³-hybridized carbons (Fsp3) is 0.375. The standard InChI is InChI=1S/C32H37NS/c1-30(2,3)23-13-14-27(24(19-23)21-11-9-8-10-12-21)33-29-18-22-17-25-26(20-28(22)34-29)32(6,7)16-15-31(25,4)5/h8-14,17-20,33H,15-16H2,1-7H3/i8D,9D,10D,11D,12D,13D,14D. The highest BCUT2D eigenvalue weighted by molar-refractivity contribution is 7.22. The molecule has 1 N–H and O–H groups in total. The molecule has 1 aromatic heterocycles.